The van der Waals surface area contributed by atoms with E-state index in [2.05, 4.69) is 20.5 Å². The van der Waals surface area contributed by atoms with Crippen LogP contribution in [-0.4, -0.2) is 52.4 Å². The second kappa shape index (κ2) is 9.22. The van der Waals surface area contributed by atoms with Crippen molar-refractivity contribution in [2.24, 2.45) is 25.9 Å². The molecule has 2 fully saturated rings. The lowest BCUT2D eigenvalue weighted by Gasteiger charge is -2.24. The van der Waals surface area contributed by atoms with E-state index in [1.54, 1.807) is 25.0 Å². The molecule has 3 aromatic rings. The number of imidazole rings is 1. The summed E-state index contributed by atoms with van der Waals surface area (Å²) in [5, 5.41) is 42.2. The van der Waals surface area contributed by atoms with Crippen LogP contribution in [0.2, 0.25) is 5.02 Å². The molecular weight excluding hydrogens is 491 g/mol. The van der Waals surface area contributed by atoms with Crippen LogP contribution in [0, 0.1) is 17.7 Å². The maximum Gasteiger partial charge on any atom is 0.274 e. The van der Waals surface area contributed by atoms with Gasteiger partial charge in [0.15, 0.2) is 0 Å². The fourth-order valence-electron chi connectivity index (χ4n) is 5.93. The largest absolute Gasteiger partial charge is 0.393 e. The molecule has 2 aliphatic rings. The van der Waals surface area contributed by atoms with Gasteiger partial charge >= 0.3 is 0 Å². The molecule has 36 heavy (non-hydrogen) atoms. The Hall–Kier alpha value is -2.86. The predicted molar refractivity (Wildman–Crippen MR) is 128 cm³/mol. The van der Waals surface area contributed by atoms with Crippen molar-refractivity contribution in [1.29, 1.82) is 0 Å². The first-order chi connectivity index (χ1) is 17.1. The first-order valence-corrected chi connectivity index (χ1v) is 12.2. The standard InChI is InChI=1S/C24H28ClFN6O4/c1-31-11-27-19(21(31)23(35)28-15-3-4-17(26)16(25)7-15)12-5-13-8-24(36,9-14(13)6-12)22-20(18(34)10-33)29-32(2)30-22/h3-4,7,11-14,18,33-34,36H,5-6,8-10H2,1-2H3,(H,28,35)/t12?,13?,14?,18-,24?/m0/s1. The molecule has 0 aliphatic heterocycles. The molecule has 2 aromatic heterocycles. The number of anilines is 1. The third kappa shape index (κ3) is 4.30. The van der Waals surface area contributed by atoms with E-state index < -0.39 is 24.1 Å². The number of carbonyl (C=O) groups excluding carboxylic acids is 1. The lowest BCUT2D eigenvalue weighted by Crippen LogP contribution is -2.27. The zero-order valence-corrected chi connectivity index (χ0v) is 20.7. The summed E-state index contributed by atoms with van der Waals surface area (Å²) in [5.74, 6) is -0.534. The van der Waals surface area contributed by atoms with Crippen LogP contribution < -0.4 is 5.32 Å². The Balaban J connectivity index is 1.33. The van der Waals surface area contributed by atoms with Crippen molar-refractivity contribution < 1.29 is 24.5 Å². The zero-order valence-electron chi connectivity index (χ0n) is 19.9. The van der Waals surface area contributed by atoms with Crippen molar-refractivity contribution in [3.05, 3.63) is 58.1 Å². The predicted octanol–water partition coefficient (Wildman–Crippen LogP) is 2.41. The first kappa shape index (κ1) is 24.8. The van der Waals surface area contributed by atoms with E-state index >= 15 is 0 Å². The van der Waals surface area contributed by atoms with Gasteiger partial charge in [-0.3, -0.25) is 4.79 Å². The molecule has 1 aromatic carbocycles. The minimum atomic E-state index is -1.24. The van der Waals surface area contributed by atoms with Crippen LogP contribution in [0.1, 0.15) is 65.3 Å². The third-order valence-electron chi connectivity index (χ3n) is 7.45. The molecule has 1 amide bonds. The highest BCUT2D eigenvalue weighted by molar-refractivity contribution is 6.31. The lowest BCUT2D eigenvalue weighted by atomic mass is 9.88. The number of rotatable bonds is 6. The van der Waals surface area contributed by atoms with Crippen molar-refractivity contribution in [2.45, 2.75) is 43.3 Å². The molecule has 2 heterocycles. The SMILES string of the molecule is Cn1nc([C@@H](O)CO)c(C2(O)CC3CC(c4ncn(C)c4C(=O)Nc4ccc(F)c(Cl)c4)CC3C2)n1. The van der Waals surface area contributed by atoms with Gasteiger partial charge in [0.25, 0.3) is 5.91 Å². The van der Waals surface area contributed by atoms with Gasteiger partial charge in [0.05, 0.1) is 23.7 Å². The number of hydrogen-bond acceptors (Lipinski definition) is 7. The van der Waals surface area contributed by atoms with Gasteiger partial charge in [-0.05, 0) is 55.7 Å². The number of carbonyl (C=O) groups is 1. The summed E-state index contributed by atoms with van der Waals surface area (Å²) in [4.78, 5) is 19.0. The molecule has 192 valence electrons. The fourth-order valence-corrected chi connectivity index (χ4v) is 6.11. The summed E-state index contributed by atoms with van der Waals surface area (Å²) in [7, 11) is 3.36. The van der Waals surface area contributed by atoms with Crippen LogP contribution in [-0.2, 0) is 19.7 Å². The van der Waals surface area contributed by atoms with Crippen molar-refractivity contribution >= 4 is 23.2 Å². The summed E-state index contributed by atoms with van der Waals surface area (Å²) in [6, 6.07) is 4.01. The molecule has 10 nitrogen and oxygen atoms in total. The molecule has 3 atom stereocenters. The van der Waals surface area contributed by atoms with Gasteiger partial charge < -0.3 is 25.2 Å². The molecule has 0 bridgehead atoms. The Labute approximate surface area is 211 Å². The van der Waals surface area contributed by atoms with Gasteiger partial charge in [0.1, 0.15) is 34.6 Å². The number of fused-ring (bicyclic) bond motifs is 1. The monoisotopic (exact) mass is 518 g/mol. The smallest absolute Gasteiger partial charge is 0.274 e. The second-order valence-electron chi connectivity index (χ2n) is 9.92. The van der Waals surface area contributed by atoms with E-state index in [-0.39, 0.29) is 34.4 Å². The molecule has 12 heteroatoms. The number of aliphatic hydroxyl groups is 3. The molecular formula is C24H28ClFN6O4. The summed E-state index contributed by atoms with van der Waals surface area (Å²) in [5.41, 5.74) is 0.774. The Bertz CT molecular complexity index is 1300. The number of nitrogens with one attached hydrogen (secondary N) is 1. The first-order valence-electron chi connectivity index (χ1n) is 11.8. The number of amides is 1. The fraction of sp³-hybridized carbons (Fsp3) is 0.500. The normalized spacial score (nSPS) is 26.2. The van der Waals surface area contributed by atoms with Gasteiger partial charge in [0, 0.05) is 25.7 Å². The number of benzene rings is 1. The van der Waals surface area contributed by atoms with E-state index in [0.717, 1.165) is 12.8 Å². The van der Waals surface area contributed by atoms with Crippen molar-refractivity contribution in [3.63, 3.8) is 0 Å². The van der Waals surface area contributed by atoms with E-state index in [1.807, 2.05) is 0 Å². The summed E-state index contributed by atoms with van der Waals surface area (Å²) < 4.78 is 15.2. The molecule has 2 aliphatic carbocycles. The van der Waals surface area contributed by atoms with Crippen LogP contribution in [0.25, 0.3) is 0 Å². The Morgan fingerprint density at radius 2 is 1.97 bits per heavy atom. The van der Waals surface area contributed by atoms with Crippen LogP contribution in [0.15, 0.2) is 24.5 Å². The van der Waals surface area contributed by atoms with Crippen LogP contribution >= 0.6 is 11.6 Å². The highest BCUT2D eigenvalue weighted by Crippen LogP contribution is 2.57. The summed E-state index contributed by atoms with van der Waals surface area (Å²) in [6.45, 7) is -0.509. The third-order valence-corrected chi connectivity index (χ3v) is 7.74. The number of hydrogen-bond donors (Lipinski definition) is 4. The Morgan fingerprint density at radius 1 is 1.28 bits per heavy atom. The highest BCUT2D eigenvalue weighted by atomic mass is 35.5. The molecule has 0 spiro atoms. The second-order valence-corrected chi connectivity index (χ2v) is 10.3. The average Bonchev–Trinajstić information content (AvgIpc) is 3.57. The van der Waals surface area contributed by atoms with Crippen molar-refractivity contribution in [2.75, 3.05) is 11.9 Å². The Kier molecular flexibility index (Phi) is 6.36. The maximum absolute atomic E-state index is 13.5. The lowest BCUT2D eigenvalue weighted by molar-refractivity contribution is 0.0230. The van der Waals surface area contributed by atoms with Crippen LogP contribution in [0.4, 0.5) is 10.1 Å². The van der Waals surface area contributed by atoms with E-state index in [0.29, 0.717) is 35.6 Å². The number of aryl methyl sites for hydroxylation is 2. The molecule has 0 saturated heterocycles. The number of aliphatic hydroxyl groups excluding tert-OH is 2. The summed E-state index contributed by atoms with van der Waals surface area (Å²) >= 11 is 5.85. The number of aromatic nitrogens is 5. The average molecular weight is 519 g/mol. The zero-order chi connectivity index (χ0) is 25.8. The minimum Gasteiger partial charge on any atom is -0.393 e. The highest BCUT2D eigenvalue weighted by Gasteiger charge is 2.52. The molecule has 2 unspecified atom stereocenters. The quantitative estimate of drug-likeness (QED) is 0.393. The van der Waals surface area contributed by atoms with Gasteiger partial charge in [-0.15, -0.1) is 0 Å². The van der Waals surface area contributed by atoms with E-state index in [1.165, 1.54) is 23.0 Å². The van der Waals surface area contributed by atoms with Crippen LogP contribution in [0.3, 0.4) is 0 Å². The topological polar surface area (TPSA) is 138 Å². The van der Waals surface area contributed by atoms with Gasteiger partial charge in [-0.1, -0.05) is 11.6 Å². The minimum absolute atomic E-state index is 0.0349. The Morgan fingerprint density at radius 3 is 2.61 bits per heavy atom. The number of nitrogens with zero attached hydrogens (tertiary/aromatic N) is 5. The molecule has 5 rings (SSSR count). The van der Waals surface area contributed by atoms with Crippen molar-refractivity contribution in [1.82, 2.24) is 24.5 Å². The molecule has 4 N–H and O–H groups in total. The van der Waals surface area contributed by atoms with E-state index in [9.17, 15) is 24.5 Å². The molecule has 2 saturated carbocycles. The van der Waals surface area contributed by atoms with Gasteiger partial charge in [0.2, 0.25) is 0 Å². The molecule has 0 radical (unpaired) electrons. The van der Waals surface area contributed by atoms with E-state index in [4.69, 9.17) is 11.6 Å². The maximum atomic E-state index is 13.5. The number of halogens is 2. The van der Waals surface area contributed by atoms with Gasteiger partial charge in [-0.2, -0.15) is 15.0 Å². The van der Waals surface area contributed by atoms with Crippen LogP contribution in [0.5, 0.6) is 0 Å². The van der Waals surface area contributed by atoms with Gasteiger partial charge in [-0.25, -0.2) is 9.37 Å². The summed E-state index contributed by atoms with van der Waals surface area (Å²) in [6.07, 6.45) is 2.77. The van der Waals surface area contributed by atoms with Crippen molar-refractivity contribution in [3.8, 4) is 0 Å².